The van der Waals surface area contributed by atoms with E-state index in [9.17, 15) is 0 Å². The van der Waals surface area contributed by atoms with Gasteiger partial charge < -0.3 is 10.6 Å². The molecular weight excluding hydrogens is 224 g/mol. The summed E-state index contributed by atoms with van der Waals surface area (Å²) in [6, 6.07) is 11.8. The molecule has 0 spiro atoms. The standard InChI is InChI=1S/C14H14N4/c1-10-4-3-5-13(6-10)18(2)14-11(8-15)7-12(16)9-17-14/h3-7,9H,16H2,1-2H3. The minimum atomic E-state index is 0.471. The first-order valence-electron chi connectivity index (χ1n) is 5.58. The fraction of sp³-hybridized carbons (Fsp3) is 0.143. The van der Waals surface area contributed by atoms with Crippen molar-refractivity contribution >= 4 is 17.2 Å². The molecule has 2 rings (SSSR count). The predicted molar refractivity (Wildman–Crippen MR) is 72.6 cm³/mol. The van der Waals surface area contributed by atoms with Crippen LogP contribution in [0.4, 0.5) is 17.2 Å². The number of nitrogens with zero attached hydrogens (tertiary/aromatic N) is 3. The van der Waals surface area contributed by atoms with Gasteiger partial charge in [-0.05, 0) is 30.7 Å². The van der Waals surface area contributed by atoms with E-state index >= 15 is 0 Å². The van der Waals surface area contributed by atoms with Gasteiger partial charge in [-0.2, -0.15) is 5.26 Å². The number of aromatic nitrogens is 1. The van der Waals surface area contributed by atoms with Gasteiger partial charge in [0.1, 0.15) is 6.07 Å². The molecule has 0 fully saturated rings. The zero-order valence-corrected chi connectivity index (χ0v) is 10.4. The van der Waals surface area contributed by atoms with Crippen LogP contribution in [0.25, 0.3) is 0 Å². The molecule has 90 valence electrons. The molecule has 1 heterocycles. The van der Waals surface area contributed by atoms with E-state index in [0.717, 1.165) is 11.3 Å². The second kappa shape index (κ2) is 4.76. The maximum absolute atomic E-state index is 9.12. The Kier molecular flexibility index (Phi) is 3.16. The largest absolute Gasteiger partial charge is 0.397 e. The number of anilines is 3. The number of benzene rings is 1. The number of nitriles is 1. The lowest BCUT2D eigenvalue weighted by atomic mass is 10.2. The van der Waals surface area contributed by atoms with E-state index in [0.29, 0.717) is 17.1 Å². The van der Waals surface area contributed by atoms with Crippen LogP contribution in [0.5, 0.6) is 0 Å². The highest BCUT2D eigenvalue weighted by atomic mass is 15.2. The summed E-state index contributed by atoms with van der Waals surface area (Å²) < 4.78 is 0. The van der Waals surface area contributed by atoms with E-state index in [-0.39, 0.29) is 0 Å². The Bertz CT molecular complexity index is 613. The van der Waals surface area contributed by atoms with Crippen LogP contribution < -0.4 is 10.6 Å². The molecule has 0 unspecified atom stereocenters. The van der Waals surface area contributed by atoms with Crippen LogP contribution in [-0.4, -0.2) is 12.0 Å². The average molecular weight is 238 g/mol. The van der Waals surface area contributed by atoms with Gasteiger partial charge in [0.25, 0.3) is 0 Å². The zero-order chi connectivity index (χ0) is 13.1. The SMILES string of the molecule is Cc1cccc(N(C)c2ncc(N)cc2C#N)c1. The van der Waals surface area contributed by atoms with E-state index in [1.54, 1.807) is 12.3 Å². The van der Waals surface area contributed by atoms with Crippen LogP contribution in [0.2, 0.25) is 0 Å². The number of nitrogens with two attached hydrogens (primary N) is 1. The van der Waals surface area contributed by atoms with Gasteiger partial charge in [-0.25, -0.2) is 4.98 Å². The number of hydrogen-bond acceptors (Lipinski definition) is 4. The molecule has 1 aromatic carbocycles. The lowest BCUT2D eigenvalue weighted by Crippen LogP contribution is -2.13. The number of rotatable bonds is 2. The van der Waals surface area contributed by atoms with Crippen molar-refractivity contribution in [2.75, 3.05) is 17.7 Å². The fourth-order valence-electron chi connectivity index (χ4n) is 1.78. The maximum Gasteiger partial charge on any atom is 0.150 e. The van der Waals surface area contributed by atoms with Crippen molar-refractivity contribution in [1.82, 2.24) is 4.98 Å². The topological polar surface area (TPSA) is 65.9 Å². The van der Waals surface area contributed by atoms with Crippen LogP contribution in [-0.2, 0) is 0 Å². The molecule has 2 N–H and O–H groups in total. The Morgan fingerprint density at radius 3 is 2.78 bits per heavy atom. The first-order chi connectivity index (χ1) is 8.61. The van der Waals surface area contributed by atoms with Gasteiger partial charge in [-0.1, -0.05) is 12.1 Å². The lowest BCUT2D eigenvalue weighted by Gasteiger charge is -2.19. The summed E-state index contributed by atoms with van der Waals surface area (Å²) >= 11 is 0. The summed E-state index contributed by atoms with van der Waals surface area (Å²) in [5, 5.41) is 9.12. The number of aryl methyl sites for hydroxylation is 1. The van der Waals surface area contributed by atoms with Gasteiger partial charge in [0.15, 0.2) is 5.82 Å². The van der Waals surface area contributed by atoms with Crippen molar-refractivity contribution in [2.24, 2.45) is 0 Å². The third kappa shape index (κ3) is 2.25. The van der Waals surface area contributed by atoms with Crippen LogP contribution in [0.15, 0.2) is 36.5 Å². The average Bonchev–Trinajstić information content (AvgIpc) is 2.37. The summed E-state index contributed by atoms with van der Waals surface area (Å²) in [6.45, 7) is 2.03. The summed E-state index contributed by atoms with van der Waals surface area (Å²) in [7, 11) is 1.88. The summed E-state index contributed by atoms with van der Waals surface area (Å²) in [4.78, 5) is 6.11. The first kappa shape index (κ1) is 11.9. The van der Waals surface area contributed by atoms with Crippen LogP contribution in [0.3, 0.4) is 0 Å². The molecule has 0 radical (unpaired) electrons. The Labute approximate surface area is 106 Å². The molecule has 0 bridgehead atoms. The van der Waals surface area contributed by atoms with Crippen molar-refractivity contribution in [1.29, 1.82) is 5.26 Å². The van der Waals surface area contributed by atoms with Crippen molar-refractivity contribution in [3.63, 3.8) is 0 Å². The highest BCUT2D eigenvalue weighted by Gasteiger charge is 2.11. The number of hydrogen-bond donors (Lipinski definition) is 1. The van der Waals surface area contributed by atoms with Gasteiger partial charge in [0.2, 0.25) is 0 Å². The molecule has 0 saturated heterocycles. The van der Waals surface area contributed by atoms with Crippen LogP contribution in [0, 0.1) is 18.3 Å². The number of pyridine rings is 1. The molecular formula is C14H14N4. The monoisotopic (exact) mass is 238 g/mol. The highest BCUT2D eigenvalue weighted by molar-refractivity contribution is 5.67. The van der Waals surface area contributed by atoms with Gasteiger partial charge in [-0.3, -0.25) is 0 Å². The maximum atomic E-state index is 9.12. The van der Waals surface area contributed by atoms with Gasteiger partial charge in [-0.15, -0.1) is 0 Å². The van der Waals surface area contributed by atoms with Crippen molar-refractivity contribution in [3.8, 4) is 6.07 Å². The van der Waals surface area contributed by atoms with Gasteiger partial charge in [0.05, 0.1) is 17.4 Å². The Balaban J connectivity index is 2.46. The summed E-state index contributed by atoms with van der Waals surface area (Å²) in [5.41, 5.74) is 8.75. The van der Waals surface area contributed by atoms with E-state index in [1.165, 1.54) is 0 Å². The zero-order valence-electron chi connectivity index (χ0n) is 10.4. The highest BCUT2D eigenvalue weighted by Crippen LogP contribution is 2.26. The molecule has 0 amide bonds. The summed E-state index contributed by atoms with van der Waals surface area (Å²) in [6.07, 6.45) is 1.56. The fourth-order valence-corrected chi connectivity index (χ4v) is 1.78. The second-order valence-electron chi connectivity index (χ2n) is 4.15. The van der Waals surface area contributed by atoms with Crippen LogP contribution in [0.1, 0.15) is 11.1 Å². The molecule has 0 atom stereocenters. The molecule has 0 aliphatic rings. The molecule has 18 heavy (non-hydrogen) atoms. The predicted octanol–water partition coefficient (Wildman–Crippen LogP) is 2.61. The molecule has 0 saturated carbocycles. The Morgan fingerprint density at radius 1 is 1.33 bits per heavy atom. The normalized spacial score (nSPS) is 9.83. The van der Waals surface area contributed by atoms with E-state index < -0.39 is 0 Å². The molecule has 0 aliphatic carbocycles. The first-order valence-corrected chi connectivity index (χ1v) is 5.58. The number of nitrogen functional groups attached to an aromatic ring is 1. The van der Waals surface area contributed by atoms with Crippen molar-refractivity contribution < 1.29 is 0 Å². The minimum Gasteiger partial charge on any atom is -0.397 e. The molecule has 4 heteroatoms. The Hall–Kier alpha value is -2.54. The Morgan fingerprint density at radius 2 is 2.11 bits per heavy atom. The van der Waals surface area contributed by atoms with Crippen molar-refractivity contribution in [2.45, 2.75) is 6.92 Å². The van der Waals surface area contributed by atoms with E-state index in [2.05, 4.69) is 11.1 Å². The second-order valence-corrected chi connectivity index (χ2v) is 4.15. The minimum absolute atomic E-state index is 0.471. The smallest absolute Gasteiger partial charge is 0.150 e. The van der Waals surface area contributed by atoms with Gasteiger partial charge >= 0.3 is 0 Å². The third-order valence-corrected chi connectivity index (χ3v) is 2.71. The molecule has 2 aromatic rings. The van der Waals surface area contributed by atoms with E-state index in [1.807, 2.05) is 43.1 Å². The molecule has 4 nitrogen and oxygen atoms in total. The quantitative estimate of drug-likeness (QED) is 0.873. The van der Waals surface area contributed by atoms with E-state index in [4.69, 9.17) is 11.0 Å². The van der Waals surface area contributed by atoms with Crippen LogP contribution >= 0.6 is 0 Å². The molecule has 0 aliphatic heterocycles. The molecule has 1 aromatic heterocycles. The third-order valence-electron chi connectivity index (χ3n) is 2.71. The summed E-state index contributed by atoms with van der Waals surface area (Å²) in [5.74, 6) is 0.609. The van der Waals surface area contributed by atoms with Gasteiger partial charge in [0, 0.05) is 12.7 Å². The lowest BCUT2D eigenvalue weighted by molar-refractivity contribution is 1.12. The van der Waals surface area contributed by atoms with Crippen molar-refractivity contribution in [3.05, 3.63) is 47.7 Å².